The lowest BCUT2D eigenvalue weighted by Gasteiger charge is -2.12. The van der Waals surface area contributed by atoms with Crippen LogP contribution in [0.4, 0.5) is 18.9 Å². The number of amides is 1. The first-order chi connectivity index (χ1) is 8.79. The van der Waals surface area contributed by atoms with Crippen molar-refractivity contribution in [2.45, 2.75) is 24.9 Å². The number of hydrogen-bond acceptors (Lipinski definition) is 2. The van der Waals surface area contributed by atoms with Gasteiger partial charge in [-0.1, -0.05) is 0 Å². The van der Waals surface area contributed by atoms with Crippen LogP contribution in [-0.4, -0.2) is 23.2 Å². The Hall–Kier alpha value is -2.05. The highest BCUT2D eigenvalue weighted by atomic mass is 19.4. The van der Waals surface area contributed by atoms with E-state index in [1.54, 1.807) is 5.32 Å². The monoisotopic (exact) mass is 273 g/mol. The number of carboxylic acid groups (broad SMARTS) is 1. The number of aromatic carboxylic acids is 1. The van der Waals surface area contributed by atoms with Crippen molar-refractivity contribution in [3.8, 4) is 0 Å². The van der Waals surface area contributed by atoms with E-state index in [0.29, 0.717) is 5.56 Å². The average molecular weight is 273 g/mol. The molecule has 2 rings (SSSR count). The molecule has 0 heterocycles. The molecule has 0 bridgehead atoms. The zero-order valence-corrected chi connectivity index (χ0v) is 9.62. The minimum Gasteiger partial charge on any atom is -0.478 e. The summed E-state index contributed by atoms with van der Waals surface area (Å²) < 4.78 is 36.6. The summed E-state index contributed by atoms with van der Waals surface area (Å²) in [5.41, 5.74) is 0.458. The second kappa shape index (κ2) is 4.56. The van der Waals surface area contributed by atoms with Gasteiger partial charge in [0, 0.05) is 5.69 Å². The highest BCUT2D eigenvalue weighted by Gasteiger charge is 2.39. The lowest BCUT2D eigenvalue weighted by Crippen LogP contribution is -2.30. The molecule has 1 fully saturated rings. The lowest BCUT2D eigenvalue weighted by atomic mass is 10.0. The van der Waals surface area contributed by atoms with Gasteiger partial charge in [-0.2, -0.15) is 13.2 Å². The minimum atomic E-state index is -4.97. The van der Waals surface area contributed by atoms with E-state index < -0.39 is 18.1 Å². The summed E-state index contributed by atoms with van der Waals surface area (Å²) in [6, 6.07) is 3.67. The van der Waals surface area contributed by atoms with Gasteiger partial charge < -0.3 is 10.4 Å². The molecule has 0 aliphatic heterocycles. The van der Waals surface area contributed by atoms with E-state index in [1.165, 1.54) is 18.2 Å². The smallest absolute Gasteiger partial charge is 0.471 e. The normalized spacial score (nSPS) is 15.1. The molecule has 1 aliphatic rings. The summed E-state index contributed by atoms with van der Waals surface area (Å²) in [4.78, 5) is 21.7. The van der Waals surface area contributed by atoms with E-state index in [2.05, 4.69) is 0 Å². The number of carboxylic acids is 1. The molecule has 1 aromatic rings. The van der Waals surface area contributed by atoms with Gasteiger partial charge in [0.1, 0.15) is 0 Å². The second-order valence-electron chi connectivity index (χ2n) is 4.33. The van der Waals surface area contributed by atoms with Crippen LogP contribution in [-0.2, 0) is 4.79 Å². The lowest BCUT2D eigenvalue weighted by molar-refractivity contribution is -0.167. The quantitative estimate of drug-likeness (QED) is 0.889. The molecule has 7 heteroatoms. The maximum Gasteiger partial charge on any atom is 0.471 e. The van der Waals surface area contributed by atoms with Gasteiger partial charge in [0.15, 0.2) is 0 Å². The van der Waals surface area contributed by atoms with Gasteiger partial charge in [0.05, 0.1) is 5.56 Å². The van der Waals surface area contributed by atoms with Crippen LogP contribution in [0.1, 0.15) is 34.7 Å². The number of halogens is 3. The van der Waals surface area contributed by atoms with E-state index >= 15 is 0 Å². The third-order valence-electron chi connectivity index (χ3n) is 2.82. The Balaban J connectivity index is 2.30. The molecule has 1 aromatic carbocycles. The van der Waals surface area contributed by atoms with Gasteiger partial charge >= 0.3 is 18.1 Å². The second-order valence-corrected chi connectivity index (χ2v) is 4.33. The number of carbonyl (C=O) groups excluding carboxylic acids is 1. The Kier molecular flexibility index (Phi) is 3.21. The zero-order valence-electron chi connectivity index (χ0n) is 9.62. The topological polar surface area (TPSA) is 66.4 Å². The van der Waals surface area contributed by atoms with Gasteiger partial charge in [-0.05, 0) is 42.5 Å². The number of benzene rings is 1. The van der Waals surface area contributed by atoms with Gasteiger partial charge in [-0.15, -0.1) is 0 Å². The van der Waals surface area contributed by atoms with Crippen LogP contribution in [0.3, 0.4) is 0 Å². The summed E-state index contributed by atoms with van der Waals surface area (Å²) in [6.45, 7) is 0. The van der Waals surface area contributed by atoms with Crippen molar-refractivity contribution >= 4 is 17.6 Å². The summed E-state index contributed by atoms with van der Waals surface area (Å²) in [7, 11) is 0. The SMILES string of the molecule is O=C(O)c1ccc(NC(=O)C(F)(F)F)c(C2CC2)c1. The van der Waals surface area contributed by atoms with Gasteiger partial charge in [-0.3, -0.25) is 4.79 Å². The maximum atomic E-state index is 12.2. The van der Waals surface area contributed by atoms with E-state index in [9.17, 15) is 22.8 Å². The van der Waals surface area contributed by atoms with Gasteiger partial charge in [0.2, 0.25) is 0 Å². The van der Waals surface area contributed by atoms with Crippen molar-refractivity contribution in [2.75, 3.05) is 5.32 Å². The average Bonchev–Trinajstić information content (AvgIpc) is 3.11. The fraction of sp³-hybridized carbons (Fsp3) is 0.333. The number of carbonyl (C=O) groups is 2. The molecule has 102 valence electrons. The maximum absolute atomic E-state index is 12.2. The number of anilines is 1. The fourth-order valence-corrected chi connectivity index (χ4v) is 1.73. The van der Waals surface area contributed by atoms with E-state index in [1.807, 2.05) is 0 Å². The molecule has 0 radical (unpaired) electrons. The number of nitrogens with one attached hydrogen (secondary N) is 1. The first-order valence-electron chi connectivity index (χ1n) is 5.54. The van der Waals surface area contributed by atoms with Crippen LogP contribution in [0.5, 0.6) is 0 Å². The summed E-state index contributed by atoms with van der Waals surface area (Å²) in [5, 5.41) is 10.6. The van der Waals surface area contributed by atoms with E-state index in [0.717, 1.165) is 12.8 Å². The van der Waals surface area contributed by atoms with Gasteiger partial charge in [-0.25, -0.2) is 4.79 Å². The Morgan fingerprint density at radius 1 is 1.26 bits per heavy atom. The molecular formula is C12H10F3NO3. The van der Waals surface area contributed by atoms with Crippen LogP contribution in [0, 0.1) is 0 Å². The van der Waals surface area contributed by atoms with Crippen molar-refractivity contribution in [1.82, 2.24) is 0 Å². The van der Waals surface area contributed by atoms with Crippen LogP contribution in [0.15, 0.2) is 18.2 Å². The van der Waals surface area contributed by atoms with Crippen molar-refractivity contribution in [1.29, 1.82) is 0 Å². The Labute approximate surface area is 106 Å². The molecule has 4 nitrogen and oxygen atoms in total. The van der Waals surface area contributed by atoms with Crippen LogP contribution >= 0.6 is 0 Å². The molecule has 1 amide bonds. The molecule has 1 saturated carbocycles. The standard InChI is InChI=1S/C12H10F3NO3/c13-12(14,15)11(19)16-9-4-3-7(10(17)18)5-8(9)6-1-2-6/h3-6H,1-2H2,(H,16,19)(H,17,18). The Bertz CT molecular complexity index is 536. The number of rotatable bonds is 3. The van der Waals surface area contributed by atoms with Crippen LogP contribution < -0.4 is 5.32 Å². The van der Waals surface area contributed by atoms with Crippen LogP contribution in [0.2, 0.25) is 0 Å². The number of alkyl halides is 3. The summed E-state index contributed by atoms with van der Waals surface area (Å²) in [5.74, 6) is -3.20. The highest BCUT2D eigenvalue weighted by Crippen LogP contribution is 2.44. The molecule has 1 aliphatic carbocycles. The van der Waals surface area contributed by atoms with Crippen molar-refractivity contribution in [3.63, 3.8) is 0 Å². The Morgan fingerprint density at radius 2 is 1.89 bits per heavy atom. The van der Waals surface area contributed by atoms with E-state index in [-0.39, 0.29) is 17.2 Å². The minimum absolute atomic E-state index is 0.00749. The predicted octanol–water partition coefficient (Wildman–Crippen LogP) is 2.76. The molecule has 0 unspecified atom stereocenters. The highest BCUT2D eigenvalue weighted by molar-refractivity contribution is 5.96. The molecule has 19 heavy (non-hydrogen) atoms. The van der Waals surface area contributed by atoms with Crippen molar-refractivity contribution in [3.05, 3.63) is 29.3 Å². The third-order valence-corrected chi connectivity index (χ3v) is 2.82. The Morgan fingerprint density at radius 3 is 2.37 bits per heavy atom. The van der Waals surface area contributed by atoms with Crippen molar-refractivity contribution in [2.24, 2.45) is 0 Å². The largest absolute Gasteiger partial charge is 0.478 e. The molecule has 0 spiro atoms. The molecule has 2 N–H and O–H groups in total. The third kappa shape index (κ3) is 3.04. The molecule has 0 saturated heterocycles. The van der Waals surface area contributed by atoms with E-state index in [4.69, 9.17) is 5.11 Å². The molecule has 0 aromatic heterocycles. The number of hydrogen-bond donors (Lipinski definition) is 2. The first kappa shape index (κ1) is 13.4. The zero-order chi connectivity index (χ0) is 14.2. The first-order valence-corrected chi connectivity index (χ1v) is 5.54. The molecule has 0 atom stereocenters. The summed E-state index contributed by atoms with van der Waals surface area (Å²) in [6.07, 6.45) is -3.41. The predicted molar refractivity (Wildman–Crippen MR) is 60.1 cm³/mol. The summed E-state index contributed by atoms with van der Waals surface area (Å²) >= 11 is 0. The van der Waals surface area contributed by atoms with Crippen molar-refractivity contribution < 1.29 is 27.9 Å². The fourth-order valence-electron chi connectivity index (χ4n) is 1.73. The molecular weight excluding hydrogens is 263 g/mol. The van der Waals surface area contributed by atoms with Crippen LogP contribution in [0.25, 0.3) is 0 Å². The van der Waals surface area contributed by atoms with Gasteiger partial charge in [0.25, 0.3) is 0 Å².